The minimum absolute atomic E-state index is 0.0461. The Bertz CT molecular complexity index is 144. The second-order valence-corrected chi connectivity index (χ2v) is 4.59. The number of likely N-dealkylation sites (tertiary alicyclic amines) is 1. The van der Waals surface area contributed by atoms with Crippen LogP contribution in [0.3, 0.4) is 0 Å². The van der Waals surface area contributed by atoms with Crippen molar-refractivity contribution in [2.24, 2.45) is 5.73 Å². The molecule has 0 aliphatic carbocycles. The second-order valence-electron chi connectivity index (χ2n) is 4.59. The zero-order valence-corrected chi connectivity index (χ0v) is 10.5. The van der Waals surface area contributed by atoms with Crippen molar-refractivity contribution in [1.29, 1.82) is 0 Å². The summed E-state index contributed by atoms with van der Waals surface area (Å²) in [4.78, 5) is 2.14. The van der Waals surface area contributed by atoms with E-state index in [0.717, 1.165) is 13.0 Å². The van der Waals surface area contributed by atoms with Gasteiger partial charge in [0.1, 0.15) is 0 Å². The van der Waals surface area contributed by atoms with Crippen molar-refractivity contribution in [3.05, 3.63) is 0 Å². The molecule has 14 heavy (non-hydrogen) atoms. The Morgan fingerprint density at radius 1 is 1.29 bits per heavy atom. The molecule has 3 heteroatoms. The number of nitrogens with zero attached hydrogens (tertiary/aromatic N) is 1. The highest BCUT2D eigenvalue weighted by molar-refractivity contribution is 4.81. The molecule has 0 radical (unpaired) electrons. The van der Waals surface area contributed by atoms with E-state index in [2.05, 4.69) is 25.7 Å². The van der Waals surface area contributed by atoms with Gasteiger partial charge in [0.15, 0.2) is 0 Å². The summed E-state index contributed by atoms with van der Waals surface area (Å²) >= 11 is 0. The third-order valence-electron chi connectivity index (χ3n) is 2.08. The van der Waals surface area contributed by atoms with Crippen LogP contribution in [-0.4, -0.2) is 36.4 Å². The highest BCUT2D eigenvalue weighted by Gasteiger charge is 2.30. The summed E-state index contributed by atoms with van der Waals surface area (Å²) in [5.41, 5.74) is 5.79. The molecule has 2 N–H and O–H groups in total. The van der Waals surface area contributed by atoms with E-state index in [-0.39, 0.29) is 11.8 Å². The Labute approximate surface area is 88.6 Å². The molecular formula is C11H26N2O. The maximum absolute atomic E-state index is 5.83. The molecule has 1 rings (SSSR count). The van der Waals surface area contributed by atoms with Gasteiger partial charge in [-0.15, -0.1) is 0 Å². The van der Waals surface area contributed by atoms with Gasteiger partial charge in [0.25, 0.3) is 0 Å². The Balaban J connectivity index is 0.000000791. The van der Waals surface area contributed by atoms with Crippen molar-refractivity contribution >= 4 is 0 Å². The summed E-state index contributed by atoms with van der Waals surface area (Å²) in [5.74, 6) is 0. The number of hydrogen-bond acceptors (Lipinski definition) is 3. The van der Waals surface area contributed by atoms with Crippen LogP contribution in [0.5, 0.6) is 0 Å². The fourth-order valence-corrected chi connectivity index (χ4v) is 1.57. The molecule has 2 unspecified atom stereocenters. The van der Waals surface area contributed by atoms with Gasteiger partial charge in [-0.3, -0.25) is 4.90 Å². The molecule has 2 atom stereocenters. The SMILES string of the molecule is CC.CN1CC(OC(C)(C)C)CC1N. The van der Waals surface area contributed by atoms with E-state index in [0.29, 0.717) is 6.10 Å². The van der Waals surface area contributed by atoms with Crippen LogP contribution in [0.4, 0.5) is 0 Å². The minimum atomic E-state index is -0.0461. The zero-order chi connectivity index (χ0) is 11.4. The van der Waals surface area contributed by atoms with Crippen molar-refractivity contribution in [3.8, 4) is 0 Å². The van der Waals surface area contributed by atoms with E-state index in [1.807, 2.05) is 20.9 Å². The van der Waals surface area contributed by atoms with Crippen LogP contribution in [0.2, 0.25) is 0 Å². The fourth-order valence-electron chi connectivity index (χ4n) is 1.57. The number of hydrogen-bond donors (Lipinski definition) is 1. The van der Waals surface area contributed by atoms with Gasteiger partial charge in [0.2, 0.25) is 0 Å². The van der Waals surface area contributed by atoms with Crippen LogP contribution in [-0.2, 0) is 4.74 Å². The van der Waals surface area contributed by atoms with Crippen molar-refractivity contribution in [1.82, 2.24) is 4.90 Å². The van der Waals surface area contributed by atoms with Crippen molar-refractivity contribution < 1.29 is 4.74 Å². The van der Waals surface area contributed by atoms with E-state index < -0.39 is 0 Å². The summed E-state index contributed by atoms with van der Waals surface area (Å²) in [7, 11) is 2.04. The molecule has 1 fully saturated rings. The molecule has 0 bridgehead atoms. The van der Waals surface area contributed by atoms with E-state index in [1.54, 1.807) is 0 Å². The first kappa shape index (κ1) is 13.9. The molecule has 0 aromatic heterocycles. The Morgan fingerprint density at radius 2 is 1.79 bits per heavy atom. The van der Waals surface area contributed by atoms with Crippen LogP contribution >= 0.6 is 0 Å². The highest BCUT2D eigenvalue weighted by atomic mass is 16.5. The van der Waals surface area contributed by atoms with Gasteiger partial charge in [-0.05, 0) is 27.8 Å². The van der Waals surface area contributed by atoms with Gasteiger partial charge < -0.3 is 10.5 Å². The molecule has 1 aliphatic rings. The normalized spacial score (nSPS) is 28.5. The summed E-state index contributed by atoms with van der Waals surface area (Å²) in [5, 5.41) is 0. The van der Waals surface area contributed by atoms with Crippen LogP contribution in [0.25, 0.3) is 0 Å². The van der Waals surface area contributed by atoms with Gasteiger partial charge in [-0.25, -0.2) is 0 Å². The first-order valence-electron chi connectivity index (χ1n) is 5.52. The monoisotopic (exact) mass is 202 g/mol. The average molecular weight is 202 g/mol. The average Bonchev–Trinajstić information content (AvgIpc) is 2.31. The lowest BCUT2D eigenvalue weighted by Crippen LogP contribution is -2.32. The third kappa shape index (κ3) is 4.94. The molecule has 0 spiro atoms. The van der Waals surface area contributed by atoms with Gasteiger partial charge >= 0.3 is 0 Å². The minimum Gasteiger partial charge on any atom is -0.371 e. The Kier molecular flexibility index (Phi) is 5.64. The molecule has 0 aromatic carbocycles. The second kappa shape index (κ2) is 5.69. The van der Waals surface area contributed by atoms with Gasteiger partial charge in [0, 0.05) is 13.0 Å². The van der Waals surface area contributed by atoms with E-state index in [9.17, 15) is 0 Å². The first-order valence-corrected chi connectivity index (χ1v) is 5.52. The van der Waals surface area contributed by atoms with Gasteiger partial charge in [-0.1, -0.05) is 13.8 Å². The van der Waals surface area contributed by atoms with Crippen LogP contribution in [0.15, 0.2) is 0 Å². The maximum atomic E-state index is 5.83. The van der Waals surface area contributed by atoms with Crippen LogP contribution in [0.1, 0.15) is 41.0 Å². The van der Waals surface area contributed by atoms with Crippen LogP contribution in [0, 0.1) is 0 Å². The molecule has 1 saturated heterocycles. The number of ether oxygens (including phenoxy) is 1. The van der Waals surface area contributed by atoms with Crippen molar-refractivity contribution in [2.75, 3.05) is 13.6 Å². The molecule has 1 aliphatic heterocycles. The number of likely N-dealkylation sites (N-methyl/N-ethyl adjacent to an activating group) is 1. The summed E-state index contributed by atoms with van der Waals surface area (Å²) < 4.78 is 5.82. The quantitative estimate of drug-likeness (QED) is 0.705. The molecule has 0 saturated carbocycles. The standard InChI is InChI=1S/C9H20N2O.C2H6/c1-9(2,3)12-7-5-8(10)11(4)6-7;1-2/h7-8H,5-6,10H2,1-4H3;1-2H3. The summed E-state index contributed by atoms with van der Waals surface area (Å²) in [6.07, 6.45) is 1.44. The lowest BCUT2D eigenvalue weighted by molar-refractivity contribution is -0.0534. The summed E-state index contributed by atoms with van der Waals surface area (Å²) in [6.45, 7) is 11.2. The van der Waals surface area contributed by atoms with Gasteiger partial charge in [0.05, 0.1) is 17.9 Å². The summed E-state index contributed by atoms with van der Waals surface area (Å²) in [6, 6.07) is 0. The fraction of sp³-hybridized carbons (Fsp3) is 1.00. The molecular weight excluding hydrogens is 176 g/mol. The smallest absolute Gasteiger partial charge is 0.0737 e. The molecule has 0 amide bonds. The molecule has 1 heterocycles. The third-order valence-corrected chi connectivity index (χ3v) is 2.08. The molecule has 0 aromatic rings. The maximum Gasteiger partial charge on any atom is 0.0737 e. The molecule has 3 nitrogen and oxygen atoms in total. The zero-order valence-electron chi connectivity index (χ0n) is 10.5. The molecule has 86 valence electrons. The Hall–Kier alpha value is -0.120. The van der Waals surface area contributed by atoms with E-state index in [1.165, 1.54) is 0 Å². The van der Waals surface area contributed by atoms with Crippen molar-refractivity contribution in [2.45, 2.75) is 58.9 Å². The predicted molar refractivity (Wildman–Crippen MR) is 61.2 cm³/mol. The lowest BCUT2D eigenvalue weighted by Gasteiger charge is -2.24. The van der Waals surface area contributed by atoms with E-state index in [4.69, 9.17) is 10.5 Å². The Morgan fingerprint density at radius 3 is 2.07 bits per heavy atom. The predicted octanol–water partition coefficient (Wildman–Crippen LogP) is 1.82. The lowest BCUT2D eigenvalue weighted by atomic mass is 10.1. The van der Waals surface area contributed by atoms with E-state index >= 15 is 0 Å². The van der Waals surface area contributed by atoms with Crippen molar-refractivity contribution in [3.63, 3.8) is 0 Å². The topological polar surface area (TPSA) is 38.5 Å². The largest absolute Gasteiger partial charge is 0.371 e. The van der Waals surface area contributed by atoms with Crippen LogP contribution < -0.4 is 5.73 Å². The number of rotatable bonds is 1. The first-order chi connectivity index (χ1) is 6.38. The van der Waals surface area contributed by atoms with Gasteiger partial charge in [-0.2, -0.15) is 0 Å². The highest BCUT2D eigenvalue weighted by Crippen LogP contribution is 2.20. The number of nitrogens with two attached hydrogens (primary N) is 1.